The number of rotatable bonds is 2. The first kappa shape index (κ1) is 7.73. The van der Waals surface area contributed by atoms with E-state index in [0.29, 0.717) is 11.7 Å². The van der Waals surface area contributed by atoms with Crippen molar-refractivity contribution >= 4 is 5.78 Å². The van der Waals surface area contributed by atoms with Gasteiger partial charge in [0.25, 0.3) is 0 Å². The van der Waals surface area contributed by atoms with Crippen LogP contribution in [0.2, 0.25) is 0 Å². The summed E-state index contributed by atoms with van der Waals surface area (Å²) >= 11 is 0. The minimum Gasteiger partial charge on any atom is -0.316 e. The summed E-state index contributed by atoms with van der Waals surface area (Å²) in [5, 5.41) is 3.19. The number of hydrogen-bond acceptors (Lipinski definition) is 2. The summed E-state index contributed by atoms with van der Waals surface area (Å²) in [6.45, 7) is 5.86. The van der Waals surface area contributed by atoms with Gasteiger partial charge in [-0.05, 0) is 13.0 Å². The highest BCUT2D eigenvalue weighted by molar-refractivity contribution is 5.83. The largest absolute Gasteiger partial charge is 0.316 e. The number of nitrogens with one attached hydrogen (secondary N) is 1. The molecule has 1 aliphatic rings. The van der Waals surface area contributed by atoms with Crippen LogP contribution in [0.1, 0.15) is 20.3 Å². The Labute approximate surface area is 62.0 Å². The van der Waals surface area contributed by atoms with Crippen molar-refractivity contribution in [2.24, 2.45) is 11.8 Å². The molecular weight excluding hydrogens is 126 g/mol. The summed E-state index contributed by atoms with van der Waals surface area (Å²) in [6, 6.07) is 0. The zero-order valence-corrected chi connectivity index (χ0v) is 6.68. The fourth-order valence-corrected chi connectivity index (χ4v) is 1.37. The molecule has 1 fully saturated rings. The molecule has 1 heterocycles. The summed E-state index contributed by atoms with van der Waals surface area (Å²) in [6.07, 6.45) is 1.04. The number of hydrogen-bond donors (Lipinski definition) is 1. The van der Waals surface area contributed by atoms with Crippen LogP contribution in [0.5, 0.6) is 0 Å². The van der Waals surface area contributed by atoms with Gasteiger partial charge in [0.2, 0.25) is 0 Å². The van der Waals surface area contributed by atoms with Crippen LogP contribution >= 0.6 is 0 Å². The lowest BCUT2D eigenvalue weighted by atomic mass is 9.95. The monoisotopic (exact) mass is 141 g/mol. The number of ketones is 1. The molecule has 0 radical (unpaired) electrons. The first-order chi connectivity index (χ1) is 4.72. The van der Waals surface area contributed by atoms with Crippen LogP contribution in [0.25, 0.3) is 0 Å². The van der Waals surface area contributed by atoms with Crippen molar-refractivity contribution in [2.75, 3.05) is 13.1 Å². The third-order valence-corrected chi connectivity index (χ3v) is 2.03. The SMILES string of the molecule is CC(C)C(=O)[C@H]1CCNC1. The molecule has 58 valence electrons. The molecule has 1 aliphatic heterocycles. The van der Waals surface area contributed by atoms with Crippen LogP contribution in [-0.4, -0.2) is 18.9 Å². The lowest BCUT2D eigenvalue weighted by molar-refractivity contribution is -0.125. The zero-order valence-electron chi connectivity index (χ0n) is 6.68. The van der Waals surface area contributed by atoms with Crippen LogP contribution < -0.4 is 5.32 Å². The molecular formula is C8H15NO. The number of carbonyl (C=O) groups is 1. The predicted molar refractivity (Wildman–Crippen MR) is 40.8 cm³/mol. The summed E-state index contributed by atoms with van der Waals surface area (Å²) in [4.78, 5) is 11.3. The van der Waals surface area contributed by atoms with Crippen molar-refractivity contribution < 1.29 is 4.79 Å². The van der Waals surface area contributed by atoms with Crippen molar-refractivity contribution in [3.63, 3.8) is 0 Å². The van der Waals surface area contributed by atoms with E-state index in [1.807, 2.05) is 13.8 Å². The maximum atomic E-state index is 11.3. The molecule has 0 saturated carbocycles. The molecule has 0 aliphatic carbocycles. The molecule has 0 aromatic heterocycles. The lowest BCUT2D eigenvalue weighted by Gasteiger charge is -2.08. The molecule has 0 spiro atoms. The molecule has 2 nitrogen and oxygen atoms in total. The van der Waals surface area contributed by atoms with Gasteiger partial charge in [0.15, 0.2) is 0 Å². The summed E-state index contributed by atoms with van der Waals surface area (Å²) in [5.41, 5.74) is 0. The molecule has 1 N–H and O–H groups in total. The quantitative estimate of drug-likeness (QED) is 0.617. The molecule has 0 unspecified atom stereocenters. The Kier molecular flexibility index (Phi) is 2.44. The highest BCUT2D eigenvalue weighted by Gasteiger charge is 2.23. The van der Waals surface area contributed by atoms with Crippen LogP contribution in [0, 0.1) is 11.8 Å². The molecule has 0 aromatic carbocycles. The Morgan fingerprint density at radius 2 is 2.30 bits per heavy atom. The van der Waals surface area contributed by atoms with Gasteiger partial charge in [-0.3, -0.25) is 4.79 Å². The maximum Gasteiger partial charge on any atom is 0.139 e. The van der Waals surface area contributed by atoms with E-state index in [1.54, 1.807) is 0 Å². The van der Waals surface area contributed by atoms with Crippen LogP contribution in [-0.2, 0) is 4.79 Å². The molecule has 0 aromatic rings. The van der Waals surface area contributed by atoms with E-state index in [-0.39, 0.29) is 5.92 Å². The van der Waals surface area contributed by atoms with E-state index in [2.05, 4.69) is 5.32 Å². The summed E-state index contributed by atoms with van der Waals surface area (Å²) in [5.74, 6) is 0.940. The van der Waals surface area contributed by atoms with Crippen molar-refractivity contribution in [2.45, 2.75) is 20.3 Å². The van der Waals surface area contributed by atoms with Gasteiger partial charge in [0.1, 0.15) is 5.78 Å². The fourth-order valence-electron chi connectivity index (χ4n) is 1.37. The van der Waals surface area contributed by atoms with Gasteiger partial charge in [0.05, 0.1) is 0 Å². The van der Waals surface area contributed by atoms with Gasteiger partial charge in [-0.2, -0.15) is 0 Å². The minimum atomic E-state index is 0.213. The van der Waals surface area contributed by atoms with E-state index >= 15 is 0 Å². The molecule has 2 heteroatoms. The van der Waals surface area contributed by atoms with Crippen molar-refractivity contribution in [1.29, 1.82) is 0 Å². The van der Waals surface area contributed by atoms with Gasteiger partial charge in [-0.1, -0.05) is 13.8 Å². The average Bonchev–Trinajstić information content (AvgIpc) is 2.36. The van der Waals surface area contributed by atoms with Gasteiger partial charge < -0.3 is 5.32 Å². The first-order valence-electron chi connectivity index (χ1n) is 3.96. The first-order valence-corrected chi connectivity index (χ1v) is 3.96. The second-order valence-corrected chi connectivity index (χ2v) is 3.25. The Morgan fingerprint density at radius 1 is 1.60 bits per heavy atom. The van der Waals surface area contributed by atoms with Gasteiger partial charge in [0, 0.05) is 18.4 Å². The molecule has 0 bridgehead atoms. The van der Waals surface area contributed by atoms with E-state index in [0.717, 1.165) is 19.5 Å². The van der Waals surface area contributed by atoms with E-state index in [9.17, 15) is 4.79 Å². The number of Topliss-reactive ketones (excluding diaryl/α,β-unsaturated/α-hetero) is 1. The fraction of sp³-hybridized carbons (Fsp3) is 0.875. The summed E-state index contributed by atoms with van der Waals surface area (Å²) < 4.78 is 0. The third kappa shape index (κ3) is 1.57. The Bertz CT molecular complexity index is 125. The molecule has 1 saturated heterocycles. The van der Waals surface area contributed by atoms with E-state index < -0.39 is 0 Å². The van der Waals surface area contributed by atoms with E-state index in [1.165, 1.54) is 0 Å². The highest BCUT2D eigenvalue weighted by Crippen LogP contribution is 2.13. The van der Waals surface area contributed by atoms with Gasteiger partial charge in [-0.15, -0.1) is 0 Å². The molecule has 1 rings (SSSR count). The smallest absolute Gasteiger partial charge is 0.139 e. The second-order valence-electron chi connectivity index (χ2n) is 3.25. The minimum absolute atomic E-state index is 0.213. The normalized spacial score (nSPS) is 25.7. The molecule has 1 atom stereocenters. The molecule has 0 amide bonds. The Morgan fingerprint density at radius 3 is 2.70 bits per heavy atom. The third-order valence-electron chi connectivity index (χ3n) is 2.03. The predicted octanol–water partition coefficient (Wildman–Crippen LogP) is 0.821. The van der Waals surface area contributed by atoms with Crippen LogP contribution in [0.3, 0.4) is 0 Å². The van der Waals surface area contributed by atoms with Crippen LogP contribution in [0.15, 0.2) is 0 Å². The maximum absolute atomic E-state index is 11.3. The second kappa shape index (κ2) is 3.15. The highest BCUT2D eigenvalue weighted by atomic mass is 16.1. The van der Waals surface area contributed by atoms with Crippen molar-refractivity contribution in [3.05, 3.63) is 0 Å². The number of carbonyl (C=O) groups excluding carboxylic acids is 1. The summed E-state index contributed by atoms with van der Waals surface area (Å²) in [7, 11) is 0. The standard InChI is InChI=1S/C8H15NO/c1-6(2)8(10)7-3-4-9-5-7/h6-7,9H,3-5H2,1-2H3/t7-/m0/s1. The molecule has 10 heavy (non-hydrogen) atoms. The average molecular weight is 141 g/mol. The van der Waals surface area contributed by atoms with Gasteiger partial charge >= 0.3 is 0 Å². The zero-order chi connectivity index (χ0) is 7.56. The topological polar surface area (TPSA) is 29.1 Å². The van der Waals surface area contributed by atoms with Crippen molar-refractivity contribution in [1.82, 2.24) is 5.32 Å². The Hall–Kier alpha value is -0.370. The van der Waals surface area contributed by atoms with Gasteiger partial charge in [-0.25, -0.2) is 0 Å². The lowest BCUT2D eigenvalue weighted by Crippen LogP contribution is -2.21. The Balaban J connectivity index is 2.40. The van der Waals surface area contributed by atoms with Crippen LogP contribution in [0.4, 0.5) is 0 Å². The van der Waals surface area contributed by atoms with Crippen molar-refractivity contribution in [3.8, 4) is 0 Å². The van der Waals surface area contributed by atoms with E-state index in [4.69, 9.17) is 0 Å².